The quantitative estimate of drug-likeness (QED) is 0.580. The second kappa shape index (κ2) is 3.27. The van der Waals surface area contributed by atoms with Crippen LogP contribution in [-0.2, 0) is 4.79 Å². The summed E-state index contributed by atoms with van der Waals surface area (Å²) in [5, 5.41) is 2.62. The van der Waals surface area contributed by atoms with Crippen molar-refractivity contribution in [2.24, 2.45) is 9.98 Å². The van der Waals surface area contributed by atoms with E-state index >= 15 is 0 Å². The van der Waals surface area contributed by atoms with Crippen molar-refractivity contribution in [3.8, 4) is 0 Å². The summed E-state index contributed by atoms with van der Waals surface area (Å²) in [5.41, 5.74) is 0. The average molecular weight is 153 g/mol. The van der Waals surface area contributed by atoms with Crippen LogP contribution in [0.4, 0.5) is 0 Å². The van der Waals surface area contributed by atoms with Gasteiger partial charge >= 0.3 is 0 Å². The molecule has 0 aromatic rings. The predicted molar refractivity (Wildman–Crippen MR) is 43.8 cm³/mol. The van der Waals surface area contributed by atoms with Crippen molar-refractivity contribution >= 4 is 18.0 Å². The smallest absolute Gasteiger partial charge is 0.225 e. The van der Waals surface area contributed by atoms with E-state index in [2.05, 4.69) is 15.3 Å². The number of nitrogens with one attached hydrogen (secondary N) is 1. The molecule has 0 aromatic carbocycles. The molecular formula is C7H11N3O. The van der Waals surface area contributed by atoms with Crippen LogP contribution in [0.5, 0.6) is 0 Å². The van der Waals surface area contributed by atoms with Crippen molar-refractivity contribution in [2.75, 3.05) is 0 Å². The molecule has 1 amide bonds. The van der Waals surface area contributed by atoms with Crippen LogP contribution in [0.1, 0.15) is 20.3 Å². The molecule has 4 nitrogen and oxygen atoms in total. The van der Waals surface area contributed by atoms with E-state index in [1.807, 2.05) is 6.92 Å². The van der Waals surface area contributed by atoms with Crippen LogP contribution < -0.4 is 5.32 Å². The molecule has 0 bridgehead atoms. The molecule has 1 unspecified atom stereocenters. The van der Waals surface area contributed by atoms with E-state index < -0.39 is 0 Å². The number of amides is 1. The van der Waals surface area contributed by atoms with Crippen LogP contribution in [0, 0.1) is 0 Å². The zero-order valence-electron chi connectivity index (χ0n) is 6.66. The molecule has 0 aliphatic carbocycles. The lowest BCUT2D eigenvalue weighted by atomic mass is 10.4. The Morgan fingerprint density at radius 1 is 1.82 bits per heavy atom. The highest BCUT2D eigenvalue weighted by Gasteiger charge is 2.08. The molecule has 60 valence electrons. The Balaban J connectivity index is 2.45. The minimum absolute atomic E-state index is 0.0238. The van der Waals surface area contributed by atoms with E-state index in [1.165, 1.54) is 0 Å². The zero-order chi connectivity index (χ0) is 8.27. The van der Waals surface area contributed by atoms with Gasteiger partial charge in [-0.3, -0.25) is 9.79 Å². The second-order valence-electron chi connectivity index (χ2n) is 2.33. The van der Waals surface area contributed by atoms with Crippen LogP contribution >= 0.6 is 0 Å². The minimum Gasteiger partial charge on any atom is -0.310 e. The molecule has 1 heterocycles. The molecule has 1 N–H and O–H groups in total. The molecule has 1 atom stereocenters. The monoisotopic (exact) mass is 153 g/mol. The summed E-state index contributed by atoms with van der Waals surface area (Å²) in [7, 11) is 0. The average Bonchev–Trinajstić information content (AvgIpc) is 2.35. The third kappa shape index (κ3) is 2.14. The van der Waals surface area contributed by atoms with Gasteiger partial charge in [0.1, 0.15) is 12.0 Å². The second-order valence-corrected chi connectivity index (χ2v) is 2.33. The lowest BCUT2D eigenvalue weighted by Crippen LogP contribution is -2.29. The Labute approximate surface area is 65.4 Å². The third-order valence-electron chi connectivity index (χ3n) is 1.33. The first-order valence-electron chi connectivity index (χ1n) is 3.63. The predicted octanol–water partition coefficient (Wildman–Crippen LogP) is 0.341. The maximum absolute atomic E-state index is 10.8. The molecule has 0 radical (unpaired) electrons. The minimum atomic E-state index is -0.0397. The maximum Gasteiger partial charge on any atom is 0.225 e. The van der Waals surface area contributed by atoms with Crippen LogP contribution in [0.25, 0.3) is 0 Å². The maximum atomic E-state index is 10.8. The topological polar surface area (TPSA) is 53.8 Å². The largest absolute Gasteiger partial charge is 0.310 e. The molecule has 1 aliphatic heterocycles. The summed E-state index contributed by atoms with van der Waals surface area (Å²) in [6, 6.07) is 0. The lowest BCUT2D eigenvalue weighted by molar-refractivity contribution is -0.119. The molecule has 0 saturated carbocycles. The van der Waals surface area contributed by atoms with Gasteiger partial charge in [0.05, 0.1) is 6.21 Å². The van der Waals surface area contributed by atoms with Gasteiger partial charge in [0.25, 0.3) is 0 Å². The Morgan fingerprint density at radius 3 is 3.00 bits per heavy atom. The van der Waals surface area contributed by atoms with Gasteiger partial charge in [0.2, 0.25) is 5.91 Å². The summed E-state index contributed by atoms with van der Waals surface area (Å²) >= 11 is 0. The highest BCUT2D eigenvalue weighted by Crippen LogP contribution is 1.96. The summed E-state index contributed by atoms with van der Waals surface area (Å²) in [5.74, 6) is 0.550. The molecule has 0 fully saturated rings. The summed E-state index contributed by atoms with van der Waals surface area (Å²) in [6.07, 6.45) is 2.02. The first kappa shape index (κ1) is 7.91. The van der Waals surface area contributed by atoms with Crippen LogP contribution in [0.15, 0.2) is 9.98 Å². The lowest BCUT2D eigenvalue weighted by Gasteiger charge is -1.97. The normalized spacial score (nSPS) is 21.6. The molecule has 4 heteroatoms. The summed E-state index contributed by atoms with van der Waals surface area (Å²) in [6.45, 7) is 3.66. The molecule has 0 saturated heterocycles. The number of amidine groups is 1. The van der Waals surface area contributed by atoms with E-state index in [-0.39, 0.29) is 12.1 Å². The fourth-order valence-electron chi connectivity index (χ4n) is 0.742. The first-order chi connectivity index (χ1) is 5.22. The highest BCUT2D eigenvalue weighted by molar-refractivity contribution is 6.33. The zero-order valence-corrected chi connectivity index (χ0v) is 6.66. The fourth-order valence-corrected chi connectivity index (χ4v) is 0.742. The third-order valence-corrected chi connectivity index (χ3v) is 1.33. The van der Waals surface area contributed by atoms with Gasteiger partial charge in [-0.15, -0.1) is 0 Å². The molecule has 1 rings (SSSR count). The van der Waals surface area contributed by atoms with Crippen LogP contribution in [0.2, 0.25) is 0 Å². The van der Waals surface area contributed by atoms with Crippen LogP contribution in [0.3, 0.4) is 0 Å². The number of nitrogens with zero attached hydrogens (tertiary/aromatic N) is 2. The van der Waals surface area contributed by atoms with Crippen molar-refractivity contribution in [1.82, 2.24) is 5.32 Å². The van der Waals surface area contributed by atoms with Gasteiger partial charge in [-0.2, -0.15) is 0 Å². The fraction of sp³-hybridized carbons (Fsp3) is 0.571. The van der Waals surface area contributed by atoms with Gasteiger partial charge < -0.3 is 5.32 Å². The van der Waals surface area contributed by atoms with Gasteiger partial charge in [-0.25, -0.2) is 4.99 Å². The molecule has 11 heavy (non-hydrogen) atoms. The SMILES string of the molecule is CCC(=O)NC1=NC(C)N=C1. The number of carbonyl (C=O) groups is 1. The van der Waals surface area contributed by atoms with E-state index in [9.17, 15) is 4.79 Å². The number of hydrogen-bond acceptors (Lipinski definition) is 3. The van der Waals surface area contributed by atoms with Gasteiger partial charge in [0.15, 0.2) is 0 Å². The number of aliphatic imine (C=N–C) groups is 2. The van der Waals surface area contributed by atoms with Crippen molar-refractivity contribution in [2.45, 2.75) is 26.4 Å². The number of hydrogen-bond donors (Lipinski definition) is 1. The summed E-state index contributed by atoms with van der Waals surface area (Å²) < 4.78 is 0. The van der Waals surface area contributed by atoms with Gasteiger partial charge in [-0.1, -0.05) is 6.92 Å². The van der Waals surface area contributed by atoms with E-state index in [4.69, 9.17) is 0 Å². The van der Waals surface area contributed by atoms with Crippen LogP contribution in [-0.4, -0.2) is 24.1 Å². The Hall–Kier alpha value is -1.19. The van der Waals surface area contributed by atoms with Gasteiger partial charge in [-0.05, 0) is 6.92 Å². The van der Waals surface area contributed by atoms with Crippen molar-refractivity contribution in [3.63, 3.8) is 0 Å². The Bertz CT molecular complexity index is 220. The van der Waals surface area contributed by atoms with Crippen molar-refractivity contribution in [3.05, 3.63) is 0 Å². The molecular weight excluding hydrogens is 142 g/mol. The Morgan fingerprint density at radius 2 is 2.55 bits per heavy atom. The molecule has 1 aliphatic rings. The van der Waals surface area contributed by atoms with E-state index in [0.717, 1.165) is 0 Å². The van der Waals surface area contributed by atoms with Crippen molar-refractivity contribution in [1.29, 1.82) is 0 Å². The summed E-state index contributed by atoms with van der Waals surface area (Å²) in [4.78, 5) is 18.8. The van der Waals surface area contributed by atoms with Gasteiger partial charge in [0, 0.05) is 6.42 Å². The van der Waals surface area contributed by atoms with E-state index in [0.29, 0.717) is 12.3 Å². The first-order valence-corrected chi connectivity index (χ1v) is 3.63. The molecule has 0 aromatic heterocycles. The number of carbonyl (C=O) groups excluding carboxylic acids is 1. The highest BCUT2D eigenvalue weighted by atomic mass is 16.1. The van der Waals surface area contributed by atoms with E-state index in [1.54, 1.807) is 13.1 Å². The van der Waals surface area contributed by atoms with Crippen molar-refractivity contribution < 1.29 is 4.79 Å². The standard InChI is InChI=1S/C7H11N3O/c1-3-7(11)10-6-4-8-5(2)9-6/h4-5H,3H2,1-2H3,(H,9,10,11). The molecule has 0 spiro atoms. The number of rotatable bonds is 1. The Kier molecular flexibility index (Phi) is 2.36.